The van der Waals surface area contributed by atoms with Gasteiger partial charge in [-0.3, -0.25) is 0 Å². The molecule has 0 spiro atoms. The molecule has 0 saturated heterocycles. The Morgan fingerprint density at radius 3 is 2.42 bits per heavy atom. The van der Waals surface area contributed by atoms with Gasteiger partial charge in [0.05, 0.1) is 0 Å². The van der Waals surface area contributed by atoms with Gasteiger partial charge in [-0.25, -0.2) is 0 Å². The maximum Gasteiger partial charge on any atom is 0.0205 e. The fourth-order valence-corrected chi connectivity index (χ4v) is 3.16. The minimum absolute atomic E-state index is 0.955. The van der Waals surface area contributed by atoms with Crippen LogP contribution in [0.4, 0.5) is 0 Å². The molecule has 0 aliphatic heterocycles. The van der Waals surface area contributed by atoms with E-state index in [0.717, 1.165) is 6.04 Å². The fourth-order valence-electron chi connectivity index (χ4n) is 2.33. The van der Waals surface area contributed by atoms with Crippen molar-refractivity contribution in [3.63, 3.8) is 0 Å². The zero-order valence-electron chi connectivity index (χ0n) is 8.68. The van der Waals surface area contributed by atoms with Gasteiger partial charge in [0.2, 0.25) is 0 Å². The summed E-state index contributed by atoms with van der Waals surface area (Å²) >= 11 is 0. The lowest BCUT2D eigenvalue weighted by Gasteiger charge is -2.33. The van der Waals surface area contributed by atoms with Crippen LogP contribution in [0.1, 0.15) is 45.4 Å². The topological polar surface area (TPSA) is 3.24 Å². The van der Waals surface area contributed by atoms with Crippen molar-refractivity contribution >= 4 is 10.2 Å². The van der Waals surface area contributed by atoms with E-state index in [9.17, 15) is 0 Å². The van der Waals surface area contributed by atoms with Gasteiger partial charge in [0, 0.05) is 16.3 Å². The van der Waals surface area contributed by atoms with E-state index in [2.05, 4.69) is 11.8 Å². The number of hydrogen-bond donors (Lipinski definition) is 0. The normalized spacial score (nSPS) is 20.5. The third kappa shape index (κ3) is 2.90. The Morgan fingerprint density at radius 2 is 1.92 bits per heavy atom. The van der Waals surface area contributed by atoms with Gasteiger partial charge in [0.25, 0.3) is 0 Å². The molecule has 1 aliphatic rings. The molecule has 0 amide bonds. The highest BCUT2D eigenvalue weighted by atomic mass is 28.1. The Kier molecular flexibility index (Phi) is 4.92. The third-order valence-electron chi connectivity index (χ3n) is 3.01. The van der Waals surface area contributed by atoms with Crippen molar-refractivity contribution in [1.29, 1.82) is 0 Å². The molecule has 0 atom stereocenters. The molecule has 0 unspecified atom stereocenters. The molecule has 0 bridgehead atoms. The lowest BCUT2D eigenvalue weighted by atomic mass is 9.94. The Morgan fingerprint density at radius 1 is 1.25 bits per heavy atom. The molecule has 0 radical (unpaired) electrons. The molecule has 1 saturated carbocycles. The van der Waals surface area contributed by atoms with Gasteiger partial charge in [-0.2, -0.15) is 0 Å². The molecule has 2 heteroatoms. The Bertz CT molecular complexity index is 108. The second kappa shape index (κ2) is 5.76. The van der Waals surface area contributed by atoms with Crippen molar-refractivity contribution in [3.8, 4) is 0 Å². The molecule has 0 aromatic rings. The van der Waals surface area contributed by atoms with Gasteiger partial charge in [-0.15, -0.1) is 0 Å². The average Bonchev–Trinajstić information content (AvgIpc) is 2.15. The molecule has 0 N–H and O–H groups in total. The van der Waals surface area contributed by atoms with Crippen molar-refractivity contribution in [2.24, 2.45) is 0 Å². The van der Waals surface area contributed by atoms with E-state index >= 15 is 0 Å². The smallest absolute Gasteiger partial charge is 0.0205 e. The summed E-state index contributed by atoms with van der Waals surface area (Å²) in [5.41, 5.74) is 0. The maximum atomic E-state index is 2.73. The van der Waals surface area contributed by atoms with Gasteiger partial charge >= 0.3 is 0 Å². The van der Waals surface area contributed by atoms with Crippen LogP contribution in [-0.4, -0.2) is 33.9 Å². The summed E-state index contributed by atoms with van der Waals surface area (Å²) in [4.78, 5) is 2.73. The Labute approximate surface area is 79.9 Å². The molecule has 12 heavy (non-hydrogen) atoms. The predicted molar refractivity (Wildman–Crippen MR) is 58.7 cm³/mol. The monoisotopic (exact) mass is 185 g/mol. The minimum atomic E-state index is 0.955. The van der Waals surface area contributed by atoms with Crippen LogP contribution in [0.15, 0.2) is 0 Å². The first-order chi connectivity index (χ1) is 5.88. The van der Waals surface area contributed by atoms with Crippen molar-refractivity contribution in [3.05, 3.63) is 0 Å². The number of nitrogens with zero attached hydrogens (tertiary/aromatic N) is 1. The van der Waals surface area contributed by atoms with E-state index in [1.54, 1.807) is 0 Å². The van der Waals surface area contributed by atoms with E-state index in [-0.39, 0.29) is 0 Å². The average molecular weight is 185 g/mol. The first-order valence-corrected chi connectivity index (χ1v) is 7.04. The van der Waals surface area contributed by atoms with Crippen molar-refractivity contribution in [2.45, 2.75) is 51.5 Å². The fraction of sp³-hybridized carbons (Fsp3) is 1.00. The molecule has 72 valence electrons. The zero-order chi connectivity index (χ0) is 8.81. The van der Waals surface area contributed by atoms with Crippen LogP contribution in [0.3, 0.4) is 0 Å². The van der Waals surface area contributed by atoms with Crippen LogP contribution >= 0.6 is 0 Å². The van der Waals surface area contributed by atoms with Crippen LogP contribution in [0.25, 0.3) is 0 Å². The SMILES string of the molecule is CCCN(C[SiH3])C1CCCCC1. The summed E-state index contributed by atoms with van der Waals surface area (Å²) in [5.74, 6) is 0. The van der Waals surface area contributed by atoms with E-state index in [1.165, 1.54) is 61.5 Å². The van der Waals surface area contributed by atoms with Crippen LogP contribution in [0.2, 0.25) is 0 Å². The second-order valence-corrected chi connectivity index (χ2v) is 4.55. The molecule has 1 fully saturated rings. The first kappa shape index (κ1) is 10.3. The summed E-state index contributed by atoms with van der Waals surface area (Å²) in [6, 6.07) is 0.955. The summed E-state index contributed by atoms with van der Waals surface area (Å²) in [6.07, 6.45) is 10.1. The van der Waals surface area contributed by atoms with Gasteiger partial charge < -0.3 is 4.90 Å². The Balaban J connectivity index is 2.29. The van der Waals surface area contributed by atoms with Crippen LogP contribution in [-0.2, 0) is 0 Å². The van der Waals surface area contributed by atoms with Crippen molar-refractivity contribution in [1.82, 2.24) is 4.90 Å². The molecular formula is C10H23NSi. The molecular weight excluding hydrogens is 162 g/mol. The molecule has 0 heterocycles. The van der Waals surface area contributed by atoms with Gasteiger partial charge in [0.1, 0.15) is 0 Å². The maximum absolute atomic E-state index is 2.73. The van der Waals surface area contributed by atoms with E-state index in [0.29, 0.717) is 0 Å². The molecule has 1 rings (SSSR count). The third-order valence-corrected chi connectivity index (χ3v) is 3.82. The zero-order valence-corrected chi connectivity index (χ0v) is 10.7. The van der Waals surface area contributed by atoms with E-state index < -0.39 is 0 Å². The quantitative estimate of drug-likeness (QED) is 0.598. The first-order valence-electron chi connectivity index (χ1n) is 5.62. The predicted octanol–water partition coefficient (Wildman–Crippen LogP) is 1.35. The summed E-state index contributed by atoms with van der Waals surface area (Å²) in [6.45, 7) is 3.64. The lowest BCUT2D eigenvalue weighted by Crippen LogP contribution is -2.38. The molecule has 0 aromatic carbocycles. The van der Waals surface area contributed by atoms with Gasteiger partial charge in [-0.1, -0.05) is 26.2 Å². The minimum Gasteiger partial charge on any atom is -0.304 e. The van der Waals surface area contributed by atoms with Gasteiger partial charge in [0.15, 0.2) is 0 Å². The number of hydrogen-bond acceptors (Lipinski definition) is 1. The summed E-state index contributed by atoms with van der Waals surface area (Å²) in [7, 11) is 1.35. The highest BCUT2D eigenvalue weighted by molar-refractivity contribution is 6.08. The summed E-state index contributed by atoms with van der Waals surface area (Å²) < 4.78 is 0. The van der Waals surface area contributed by atoms with Crippen LogP contribution in [0.5, 0.6) is 0 Å². The summed E-state index contributed by atoms with van der Waals surface area (Å²) in [5, 5.41) is 0. The second-order valence-electron chi connectivity index (χ2n) is 3.92. The standard InChI is InChI=1S/C10H23NSi/c1-2-8-11(9-12)10-6-4-3-5-7-10/h10H,2-9H2,1,12H3. The largest absolute Gasteiger partial charge is 0.304 e. The van der Waals surface area contributed by atoms with Gasteiger partial charge in [-0.05, 0) is 32.0 Å². The van der Waals surface area contributed by atoms with Crippen LogP contribution in [0, 0.1) is 0 Å². The molecule has 1 aliphatic carbocycles. The lowest BCUT2D eigenvalue weighted by molar-refractivity contribution is 0.181. The van der Waals surface area contributed by atoms with Crippen molar-refractivity contribution in [2.75, 3.05) is 12.7 Å². The number of rotatable bonds is 4. The van der Waals surface area contributed by atoms with Crippen molar-refractivity contribution < 1.29 is 0 Å². The molecule has 0 aromatic heterocycles. The van der Waals surface area contributed by atoms with E-state index in [4.69, 9.17) is 0 Å². The Hall–Kier alpha value is 0.177. The highest BCUT2D eigenvalue weighted by Gasteiger charge is 2.18. The molecule has 1 nitrogen and oxygen atoms in total. The van der Waals surface area contributed by atoms with Crippen LogP contribution < -0.4 is 0 Å². The highest BCUT2D eigenvalue weighted by Crippen LogP contribution is 2.22. The van der Waals surface area contributed by atoms with E-state index in [1.807, 2.05) is 0 Å².